The lowest BCUT2D eigenvalue weighted by Gasteiger charge is -2.12. The molecule has 3 amide bonds. The van der Waals surface area contributed by atoms with Crippen molar-refractivity contribution in [2.75, 3.05) is 24.1 Å². The van der Waals surface area contributed by atoms with Crippen molar-refractivity contribution in [1.82, 2.24) is 20.3 Å². The van der Waals surface area contributed by atoms with Crippen LogP contribution in [-0.4, -0.2) is 64.2 Å². The third-order valence-corrected chi connectivity index (χ3v) is 5.58. The molecule has 0 aliphatic carbocycles. The monoisotopic (exact) mass is 538 g/mol. The number of anilines is 2. The van der Waals surface area contributed by atoms with Crippen LogP contribution in [0.25, 0.3) is 0 Å². The van der Waals surface area contributed by atoms with Gasteiger partial charge in [-0.15, -0.1) is 5.06 Å². The highest BCUT2D eigenvalue weighted by Gasteiger charge is 2.32. The predicted molar refractivity (Wildman–Crippen MR) is 144 cm³/mol. The second kappa shape index (κ2) is 13.6. The van der Waals surface area contributed by atoms with Gasteiger partial charge in [0.15, 0.2) is 11.5 Å². The van der Waals surface area contributed by atoms with Gasteiger partial charge >= 0.3 is 5.97 Å². The molecule has 5 N–H and O–H groups in total. The molecular formula is C25H30N8O6. The number of hydroxylamine groups is 2. The highest BCUT2D eigenvalue weighted by molar-refractivity contribution is 6.01. The average Bonchev–Trinajstić information content (AvgIpc) is 3.22. The molecule has 3 rings (SSSR count). The smallest absolute Gasteiger partial charge is 0.333 e. The fourth-order valence-electron chi connectivity index (χ4n) is 3.56. The van der Waals surface area contributed by atoms with Crippen molar-refractivity contribution in [3.63, 3.8) is 0 Å². The van der Waals surface area contributed by atoms with Gasteiger partial charge in [0.05, 0.1) is 6.54 Å². The third-order valence-electron chi connectivity index (χ3n) is 5.58. The summed E-state index contributed by atoms with van der Waals surface area (Å²) in [5.74, 6) is -1.91. The summed E-state index contributed by atoms with van der Waals surface area (Å²) in [6.07, 6.45) is 1.99. The number of hydrogen-bond acceptors (Lipinski definition) is 11. The Kier molecular flexibility index (Phi) is 10.0. The van der Waals surface area contributed by atoms with E-state index in [4.69, 9.17) is 10.6 Å². The number of benzene rings is 1. The minimum absolute atomic E-state index is 0.0144. The molecule has 1 saturated heterocycles. The van der Waals surface area contributed by atoms with Gasteiger partial charge in [0.2, 0.25) is 5.95 Å². The third kappa shape index (κ3) is 8.31. The molecule has 2 heterocycles. The summed E-state index contributed by atoms with van der Waals surface area (Å²) in [6.45, 7) is 5.86. The number of carbonyl (C=O) groups is 4. The summed E-state index contributed by atoms with van der Waals surface area (Å²) in [7, 11) is 0. The van der Waals surface area contributed by atoms with Crippen molar-refractivity contribution in [2.45, 2.75) is 45.4 Å². The Morgan fingerprint density at radius 2 is 1.82 bits per heavy atom. The summed E-state index contributed by atoms with van der Waals surface area (Å²) in [4.78, 5) is 78.2. The number of unbranched alkanes of at least 4 members (excludes halogenated alkanes) is 2. The maximum absolute atomic E-state index is 12.4. The van der Waals surface area contributed by atoms with Gasteiger partial charge in [-0.3, -0.25) is 24.2 Å². The molecule has 0 radical (unpaired) electrons. The lowest BCUT2D eigenvalue weighted by molar-refractivity contribution is -0.197. The number of carbonyl (C=O) groups excluding carboxylic acids is 4. The Labute approximate surface area is 223 Å². The first-order valence-electron chi connectivity index (χ1n) is 12.3. The van der Waals surface area contributed by atoms with E-state index in [1.807, 2.05) is 0 Å². The fraction of sp³-hybridized carbons (Fsp3) is 0.360. The van der Waals surface area contributed by atoms with Gasteiger partial charge in [-0.05, 0) is 50.7 Å². The molecule has 1 aromatic carbocycles. The maximum atomic E-state index is 12.4. The van der Waals surface area contributed by atoms with Crippen molar-refractivity contribution in [1.29, 1.82) is 0 Å². The Bertz CT molecular complexity index is 1320. The number of nitrogens with one attached hydrogen (secondary N) is 3. The number of amides is 3. The number of imide groups is 1. The first-order chi connectivity index (χ1) is 18.7. The van der Waals surface area contributed by atoms with E-state index in [9.17, 15) is 24.0 Å². The highest BCUT2D eigenvalue weighted by Crippen LogP contribution is 2.21. The van der Waals surface area contributed by atoms with Crippen LogP contribution in [0, 0.1) is 0 Å². The molecule has 0 atom stereocenters. The zero-order valence-electron chi connectivity index (χ0n) is 21.5. The SMILES string of the molecule is C=Nc1nc(N)[nH]c(=O)c1N=C(C)CNc1ccc(C(=O)NCCCCCC(=O)ON2C(=O)CCC2=O)cc1. The normalized spacial score (nSPS) is 13.4. The summed E-state index contributed by atoms with van der Waals surface area (Å²) < 4.78 is 0. The molecule has 1 aliphatic heterocycles. The van der Waals surface area contributed by atoms with Crippen LogP contribution in [0.3, 0.4) is 0 Å². The van der Waals surface area contributed by atoms with Crippen LogP contribution in [0.5, 0.6) is 0 Å². The van der Waals surface area contributed by atoms with Gasteiger partial charge in [-0.25, -0.2) is 14.8 Å². The standard InChI is InChI=1S/C25H30N8O6/c1-15(30-21-22(27-2)31-25(26)32-24(21)38)14-29-17-9-7-16(8-10-17)23(37)28-13-5-3-4-6-20(36)39-33-18(34)11-12-19(33)35/h7-10,29H,2-6,11-14H2,1H3,(H,28,37)(H3,26,31,32,38). The average molecular weight is 539 g/mol. The predicted octanol–water partition coefficient (Wildman–Crippen LogP) is 1.79. The van der Waals surface area contributed by atoms with Gasteiger partial charge in [0.25, 0.3) is 23.3 Å². The fourth-order valence-corrected chi connectivity index (χ4v) is 3.56. The molecule has 1 aliphatic rings. The summed E-state index contributed by atoms with van der Waals surface area (Å²) in [6, 6.07) is 6.85. The molecule has 39 heavy (non-hydrogen) atoms. The first-order valence-corrected chi connectivity index (χ1v) is 12.3. The van der Waals surface area contributed by atoms with Crippen molar-refractivity contribution in [3.8, 4) is 0 Å². The molecule has 2 aromatic rings. The van der Waals surface area contributed by atoms with Crippen LogP contribution in [0.1, 0.15) is 55.8 Å². The number of nitrogen functional groups attached to an aromatic ring is 1. The zero-order chi connectivity index (χ0) is 28.4. The van der Waals surface area contributed by atoms with Gasteiger partial charge < -0.3 is 21.2 Å². The summed E-state index contributed by atoms with van der Waals surface area (Å²) in [5.41, 5.74) is 6.82. The minimum Gasteiger partial charge on any atom is -0.380 e. The Morgan fingerprint density at radius 1 is 1.13 bits per heavy atom. The van der Waals surface area contributed by atoms with Gasteiger partial charge in [-0.2, -0.15) is 4.98 Å². The van der Waals surface area contributed by atoms with Gasteiger partial charge in [-0.1, -0.05) is 6.42 Å². The molecule has 0 bridgehead atoms. The number of rotatable bonds is 13. The highest BCUT2D eigenvalue weighted by atomic mass is 16.7. The van der Waals surface area contributed by atoms with E-state index < -0.39 is 23.3 Å². The molecule has 1 aromatic heterocycles. The van der Waals surface area contributed by atoms with Crippen LogP contribution in [0.2, 0.25) is 0 Å². The van der Waals surface area contributed by atoms with Crippen molar-refractivity contribution >= 4 is 59.3 Å². The molecule has 0 unspecified atom stereocenters. The summed E-state index contributed by atoms with van der Waals surface area (Å²) >= 11 is 0. The number of aromatic nitrogens is 2. The molecule has 14 nitrogen and oxygen atoms in total. The molecule has 0 spiro atoms. The Balaban J connectivity index is 1.36. The van der Waals surface area contributed by atoms with E-state index in [-0.39, 0.29) is 42.6 Å². The van der Waals surface area contributed by atoms with E-state index in [0.29, 0.717) is 48.7 Å². The number of aromatic amines is 1. The number of aliphatic imine (C=N–C) groups is 2. The molecular weight excluding hydrogens is 508 g/mol. The van der Waals surface area contributed by atoms with E-state index in [1.54, 1.807) is 31.2 Å². The molecule has 1 fully saturated rings. The molecule has 0 saturated carbocycles. The number of nitrogens with two attached hydrogens (primary N) is 1. The van der Waals surface area contributed by atoms with Crippen LogP contribution in [-0.2, 0) is 19.2 Å². The van der Waals surface area contributed by atoms with Gasteiger partial charge in [0.1, 0.15) is 0 Å². The van der Waals surface area contributed by atoms with Crippen LogP contribution in [0.4, 0.5) is 23.1 Å². The van der Waals surface area contributed by atoms with Crippen molar-refractivity contribution < 1.29 is 24.0 Å². The van der Waals surface area contributed by atoms with Gasteiger partial charge in [0, 0.05) is 42.8 Å². The number of nitrogens with zero attached hydrogens (tertiary/aromatic N) is 4. The van der Waals surface area contributed by atoms with E-state index >= 15 is 0 Å². The van der Waals surface area contributed by atoms with E-state index in [0.717, 1.165) is 5.69 Å². The van der Waals surface area contributed by atoms with Crippen LogP contribution >= 0.6 is 0 Å². The number of hydrogen-bond donors (Lipinski definition) is 4. The lowest BCUT2D eigenvalue weighted by atomic mass is 10.1. The zero-order valence-corrected chi connectivity index (χ0v) is 21.5. The van der Waals surface area contributed by atoms with E-state index in [2.05, 4.69) is 37.3 Å². The van der Waals surface area contributed by atoms with Crippen LogP contribution in [0.15, 0.2) is 39.0 Å². The quantitative estimate of drug-likeness (QED) is 0.167. The van der Waals surface area contributed by atoms with Crippen LogP contribution < -0.4 is 21.9 Å². The Morgan fingerprint density at radius 3 is 2.49 bits per heavy atom. The minimum atomic E-state index is -0.632. The van der Waals surface area contributed by atoms with Crippen molar-refractivity contribution in [3.05, 3.63) is 40.2 Å². The largest absolute Gasteiger partial charge is 0.380 e. The Hall–Kier alpha value is -4.88. The van der Waals surface area contributed by atoms with Crippen molar-refractivity contribution in [2.24, 2.45) is 9.98 Å². The first kappa shape index (κ1) is 28.7. The summed E-state index contributed by atoms with van der Waals surface area (Å²) in [5, 5.41) is 6.52. The number of H-pyrrole nitrogens is 1. The van der Waals surface area contributed by atoms with E-state index in [1.165, 1.54) is 0 Å². The lowest BCUT2D eigenvalue weighted by Crippen LogP contribution is -2.31. The second-order valence-electron chi connectivity index (χ2n) is 8.67. The second-order valence-corrected chi connectivity index (χ2v) is 8.67. The maximum Gasteiger partial charge on any atom is 0.333 e. The molecule has 14 heteroatoms. The topological polar surface area (TPSA) is 201 Å². The molecule has 206 valence electrons.